The van der Waals surface area contributed by atoms with E-state index < -0.39 is 8.32 Å². The van der Waals surface area contributed by atoms with Gasteiger partial charge in [0.15, 0.2) is 11.5 Å². The zero-order valence-corrected chi connectivity index (χ0v) is 21.5. The van der Waals surface area contributed by atoms with Crippen LogP contribution >= 0.6 is 0 Å². The topological polar surface area (TPSA) is 106 Å². The number of hydrogen-bond donors (Lipinski definition) is 2. The molecule has 3 rings (SSSR count). The lowest BCUT2D eigenvalue weighted by Crippen LogP contribution is -2.43. The number of benzene rings is 2. The third kappa shape index (κ3) is 5.39. The molecule has 3 aromatic rings. The minimum atomic E-state index is -1.98. The fourth-order valence-corrected chi connectivity index (χ4v) is 4.33. The van der Waals surface area contributed by atoms with Gasteiger partial charge in [0, 0.05) is 23.7 Å². The molecule has 7 nitrogen and oxygen atoms in total. The highest BCUT2D eigenvalue weighted by molar-refractivity contribution is 6.74. The molecule has 0 amide bonds. The van der Waals surface area contributed by atoms with E-state index in [2.05, 4.69) is 56.0 Å². The summed E-state index contributed by atoms with van der Waals surface area (Å²) in [6.45, 7) is 11.2. The third-order valence-electron chi connectivity index (χ3n) is 6.17. The minimum Gasteiger partial charge on any atom is -0.543 e. The molecule has 0 atom stereocenters. The van der Waals surface area contributed by atoms with Gasteiger partial charge in [-0.05, 0) is 53.5 Å². The summed E-state index contributed by atoms with van der Waals surface area (Å²) in [5.74, 6) is 2.66. The smallest absolute Gasteiger partial charge is 0.250 e. The van der Waals surface area contributed by atoms with Gasteiger partial charge in [0.25, 0.3) is 0 Å². The van der Waals surface area contributed by atoms with Gasteiger partial charge in [-0.15, -0.1) is 0 Å². The summed E-state index contributed by atoms with van der Waals surface area (Å²) in [4.78, 5) is 8.14. The highest BCUT2D eigenvalue weighted by atomic mass is 28.4. The summed E-state index contributed by atoms with van der Waals surface area (Å²) in [6.07, 6.45) is 2.18. The lowest BCUT2D eigenvalue weighted by Gasteiger charge is -2.36. The van der Waals surface area contributed by atoms with Crippen LogP contribution in [0.3, 0.4) is 0 Å². The van der Waals surface area contributed by atoms with E-state index in [4.69, 9.17) is 25.4 Å². The van der Waals surface area contributed by atoms with E-state index in [0.29, 0.717) is 23.7 Å². The second-order valence-corrected chi connectivity index (χ2v) is 14.3. The fraction of sp³-hybridized carbons (Fsp3) is 0.360. The van der Waals surface area contributed by atoms with E-state index in [1.807, 2.05) is 24.3 Å². The van der Waals surface area contributed by atoms with E-state index in [0.717, 1.165) is 28.0 Å². The van der Waals surface area contributed by atoms with Gasteiger partial charge in [-0.3, -0.25) is 0 Å². The predicted molar refractivity (Wildman–Crippen MR) is 136 cm³/mol. The van der Waals surface area contributed by atoms with Crippen molar-refractivity contribution in [3.63, 3.8) is 0 Å². The Morgan fingerprint density at radius 1 is 1.00 bits per heavy atom. The first-order valence-corrected chi connectivity index (χ1v) is 13.8. The Morgan fingerprint density at radius 2 is 1.73 bits per heavy atom. The van der Waals surface area contributed by atoms with Crippen LogP contribution in [0.2, 0.25) is 18.1 Å². The summed E-state index contributed by atoms with van der Waals surface area (Å²) in [7, 11) is 1.29. The van der Waals surface area contributed by atoms with Crippen molar-refractivity contribution < 1.29 is 13.9 Å². The van der Waals surface area contributed by atoms with Crippen molar-refractivity contribution in [1.29, 1.82) is 0 Å². The zero-order valence-electron chi connectivity index (χ0n) is 20.5. The SMILES string of the molecule is COc1cc(Cc2cnc(N)nc2N)cc(-c2cccc(O[Si](C)(C)C(C)(C)C)c2)c1OC. The van der Waals surface area contributed by atoms with Gasteiger partial charge in [-0.25, -0.2) is 4.98 Å². The normalized spacial score (nSPS) is 11.8. The molecule has 0 spiro atoms. The summed E-state index contributed by atoms with van der Waals surface area (Å²) >= 11 is 0. The zero-order chi connectivity index (χ0) is 24.4. The third-order valence-corrected chi connectivity index (χ3v) is 10.5. The van der Waals surface area contributed by atoms with E-state index in [9.17, 15) is 0 Å². The number of nitrogen functional groups attached to an aromatic ring is 2. The Labute approximate surface area is 197 Å². The van der Waals surface area contributed by atoms with Crippen LogP contribution in [0.25, 0.3) is 11.1 Å². The van der Waals surface area contributed by atoms with Crippen molar-refractivity contribution in [3.8, 4) is 28.4 Å². The largest absolute Gasteiger partial charge is 0.543 e. The molecular formula is C25H34N4O3Si. The van der Waals surface area contributed by atoms with Crippen LogP contribution in [0, 0.1) is 0 Å². The molecule has 1 aromatic heterocycles. The molecule has 176 valence electrons. The van der Waals surface area contributed by atoms with Crippen molar-refractivity contribution in [3.05, 3.63) is 53.7 Å². The number of methoxy groups -OCH3 is 2. The van der Waals surface area contributed by atoms with Crippen molar-refractivity contribution in [2.24, 2.45) is 0 Å². The minimum absolute atomic E-state index is 0.102. The standard InChI is InChI=1S/C25H34N4O3Si/c1-25(2,3)33(6,7)32-19-10-8-9-17(14-19)20-12-16(13-21(30-4)22(20)31-5)11-18-15-28-24(27)29-23(18)26/h8-10,12-15H,11H2,1-7H3,(H4,26,27,28,29). The molecule has 4 N–H and O–H groups in total. The Balaban J connectivity index is 2.05. The second-order valence-electron chi connectivity index (χ2n) is 9.58. The van der Waals surface area contributed by atoms with Crippen molar-refractivity contribution in [2.75, 3.05) is 25.7 Å². The molecule has 0 radical (unpaired) electrons. The number of hydrogen-bond acceptors (Lipinski definition) is 7. The van der Waals surface area contributed by atoms with Gasteiger partial charge in [-0.2, -0.15) is 4.98 Å². The summed E-state index contributed by atoms with van der Waals surface area (Å²) in [5.41, 5.74) is 15.4. The molecule has 0 saturated heterocycles. The van der Waals surface area contributed by atoms with Crippen LogP contribution in [0.15, 0.2) is 42.6 Å². The highest BCUT2D eigenvalue weighted by Gasteiger charge is 2.39. The van der Waals surface area contributed by atoms with Crippen LogP contribution < -0.4 is 25.4 Å². The van der Waals surface area contributed by atoms with E-state index in [1.165, 1.54) is 0 Å². The maximum atomic E-state index is 6.53. The first kappa shape index (κ1) is 24.4. The molecule has 0 bridgehead atoms. The molecule has 0 aliphatic carbocycles. The van der Waals surface area contributed by atoms with Crippen molar-refractivity contribution in [2.45, 2.75) is 45.3 Å². The molecule has 0 aliphatic heterocycles. The Bertz CT molecular complexity index is 1140. The highest BCUT2D eigenvalue weighted by Crippen LogP contribution is 2.42. The molecule has 8 heteroatoms. The van der Waals surface area contributed by atoms with Crippen LogP contribution in [0.1, 0.15) is 31.9 Å². The van der Waals surface area contributed by atoms with Gasteiger partial charge >= 0.3 is 0 Å². The Kier molecular flexibility index (Phi) is 6.88. The van der Waals surface area contributed by atoms with Crippen LogP contribution in [-0.2, 0) is 6.42 Å². The van der Waals surface area contributed by atoms with Crippen LogP contribution in [0.4, 0.5) is 11.8 Å². The molecule has 0 saturated carbocycles. The average Bonchev–Trinajstić information content (AvgIpc) is 2.74. The fourth-order valence-electron chi connectivity index (χ4n) is 3.30. The molecule has 2 aromatic carbocycles. The Morgan fingerprint density at radius 3 is 2.33 bits per heavy atom. The lowest BCUT2D eigenvalue weighted by molar-refractivity contribution is 0.356. The molecular weight excluding hydrogens is 432 g/mol. The van der Waals surface area contributed by atoms with Gasteiger partial charge in [0.05, 0.1) is 14.2 Å². The van der Waals surface area contributed by atoms with Crippen LogP contribution in [-0.4, -0.2) is 32.5 Å². The molecule has 0 fully saturated rings. The van der Waals surface area contributed by atoms with E-state index in [1.54, 1.807) is 20.4 Å². The van der Waals surface area contributed by atoms with Crippen LogP contribution in [0.5, 0.6) is 17.2 Å². The van der Waals surface area contributed by atoms with Gasteiger partial charge in [-0.1, -0.05) is 32.9 Å². The monoisotopic (exact) mass is 466 g/mol. The maximum Gasteiger partial charge on any atom is 0.250 e. The van der Waals surface area contributed by atoms with Gasteiger partial charge in [0.1, 0.15) is 11.6 Å². The summed E-state index contributed by atoms with van der Waals surface area (Å²) in [6, 6.07) is 12.1. The van der Waals surface area contributed by atoms with Gasteiger partial charge in [0.2, 0.25) is 14.3 Å². The number of rotatable bonds is 7. The number of nitrogens with two attached hydrogens (primary N) is 2. The van der Waals surface area contributed by atoms with Gasteiger partial charge < -0.3 is 25.4 Å². The molecule has 1 heterocycles. The quantitative estimate of drug-likeness (QED) is 0.455. The number of anilines is 2. The van der Waals surface area contributed by atoms with E-state index in [-0.39, 0.29) is 11.0 Å². The maximum absolute atomic E-state index is 6.53. The first-order chi connectivity index (χ1) is 15.4. The number of nitrogens with zero attached hydrogens (tertiary/aromatic N) is 2. The van der Waals surface area contributed by atoms with Crippen molar-refractivity contribution in [1.82, 2.24) is 9.97 Å². The van der Waals surface area contributed by atoms with Crippen molar-refractivity contribution >= 4 is 20.1 Å². The molecule has 0 aliphatic rings. The summed E-state index contributed by atoms with van der Waals surface area (Å²) in [5, 5.41) is 0.102. The number of aromatic nitrogens is 2. The first-order valence-electron chi connectivity index (χ1n) is 10.9. The lowest BCUT2D eigenvalue weighted by atomic mass is 9.98. The molecule has 0 unspecified atom stereocenters. The molecule has 33 heavy (non-hydrogen) atoms. The Hall–Kier alpha value is -3.26. The summed E-state index contributed by atoms with van der Waals surface area (Å²) < 4.78 is 17.9. The predicted octanol–water partition coefficient (Wildman–Crippen LogP) is 5.30. The number of ether oxygens (including phenoxy) is 2. The van der Waals surface area contributed by atoms with E-state index >= 15 is 0 Å². The second kappa shape index (κ2) is 9.31. The average molecular weight is 467 g/mol.